The van der Waals surface area contributed by atoms with Gasteiger partial charge < -0.3 is 24.6 Å². The minimum Gasteiger partial charge on any atom is -0.477 e. The van der Waals surface area contributed by atoms with Gasteiger partial charge in [-0.3, -0.25) is 4.79 Å². The monoisotopic (exact) mass is 469 g/mol. The number of carboxylic acid groups (broad SMARTS) is 1. The summed E-state index contributed by atoms with van der Waals surface area (Å²) in [4.78, 5) is 37.4. The summed E-state index contributed by atoms with van der Waals surface area (Å²) in [6.45, 7) is 5.83. The molecule has 180 valence electrons. The molecule has 1 aromatic carbocycles. The van der Waals surface area contributed by atoms with Crippen molar-refractivity contribution in [3.8, 4) is 0 Å². The zero-order valence-electron chi connectivity index (χ0n) is 18.7. The number of aromatic carboxylic acids is 1. The second-order valence-corrected chi connectivity index (χ2v) is 9.11. The number of benzene rings is 1. The van der Waals surface area contributed by atoms with Crippen molar-refractivity contribution in [3.05, 3.63) is 39.7 Å². The van der Waals surface area contributed by atoms with Crippen molar-refractivity contribution < 1.29 is 32.6 Å². The molecule has 0 aliphatic carbocycles. The third kappa shape index (κ3) is 4.91. The molecule has 1 aliphatic heterocycles. The fourth-order valence-corrected chi connectivity index (χ4v) is 3.98. The number of halogens is 3. The van der Waals surface area contributed by atoms with Crippen molar-refractivity contribution in [3.63, 3.8) is 0 Å². The van der Waals surface area contributed by atoms with Crippen LogP contribution in [0.1, 0.15) is 38.1 Å². The molecule has 8 nitrogen and oxygen atoms in total. The van der Waals surface area contributed by atoms with Gasteiger partial charge in [0.1, 0.15) is 29.3 Å². The lowest BCUT2D eigenvalue weighted by Crippen LogP contribution is -2.42. The highest BCUT2D eigenvalue weighted by atomic mass is 19.1. The third-order valence-corrected chi connectivity index (χ3v) is 5.42. The van der Waals surface area contributed by atoms with E-state index in [0.29, 0.717) is 0 Å². The molecule has 1 amide bonds. The molecular formula is C22H26F3N3O5. The Labute approximate surface area is 187 Å². The van der Waals surface area contributed by atoms with Crippen molar-refractivity contribution in [1.29, 1.82) is 0 Å². The van der Waals surface area contributed by atoms with Crippen LogP contribution in [-0.4, -0.2) is 53.1 Å². The number of alkyl carbamates (subject to hydrolysis) is 1. The van der Waals surface area contributed by atoms with Crippen molar-refractivity contribution in [2.45, 2.75) is 45.9 Å². The molecule has 1 aliphatic rings. The number of rotatable bonds is 5. The normalized spacial score (nSPS) is 18.6. The number of hydrogen-bond acceptors (Lipinski definition) is 5. The number of ether oxygens (including phenoxy) is 1. The summed E-state index contributed by atoms with van der Waals surface area (Å²) in [5.74, 6) is -3.92. The number of fused-ring (bicyclic) bond motifs is 1. The number of nitrogens with zero attached hydrogens (tertiary/aromatic N) is 2. The standard InChI is InChI=1S/C22H26F3N3O5/c1-11-8-28(10-15(11)26-21(32)33-22(2,3)4)18-14(24)7-12-17(16(18)25)27(6-5-23)9-13(19(12)29)20(30)31/h7,9,11,15H,5-6,8,10H2,1-4H3,(H,26,32)(H,30,31)/t11-,15+/m0/s1. The second-order valence-electron chi connectivity index (χ2n) is 9.11. The average molecular weight is 469 g/mol. The van der Waals surface area contributed by atoms with E-state index in [0.717, 1.165) is 16.8 Å². The number of aryl methyl sites for hydroxylation is 1. The van der Waals surface area contributed by atoms with E-state index < -0.39 is 70.6 Å². The van der Waals surface area contributed by atoms with E-state index in [-0.39, 0.29) is 24.5 Å². The fraction of sp³-hybridized carbons (Fsp3) is 0.500. The highest BCUT2D eigenvalue weighted by molar-refractivity contribution is 5.94. The van der Waals surface area contributed by atoms with Crippen LogP contribution in [0.3, 0.4) is 0 Å². The quantitative estimate of drug-likeness (QED) is 0.697. The predicted octanol–water partition coefficient (Wildman–Crippen LogP) is 3.30. The van der Waals surface area contributed by atoms with Crippen molar-refractivity contribution in [2.24, 2.45) is 5.92 Å². The van der Waals surface area contributed by atoms with Crippen LogP contribution >= 0.6 is 0 Å². The topological polar surface area (TPSA) is 101 Å². The lowest BCUT2D eigenvalue weighted by atomic mass is 10.1. The van der Waals surface area contributed by atoms with Gasteiger partial charge >= 0.3 is 12.1 Å². The number of anilines is 1. The Kier molecular flexibility index (Phi) is 6.62. The Morgan fingerprint density at radius 2 is 1.94 bits per heavy atom. The van der Waals surface area contributed by atoms with Gasteiger partial charge in [0.25, 0.3) is 0 Å². The summed E-state index contributed by atoms with van der Waals surface area (Å²) in [7, 11) is 0. The first kappa shape index (κ1) is 24.4. The van der Waals surface area contributed by atoms with Gasteiger partial charge in [0.2, 0.25) is 5.43 Å². The summed E-state index contributed by atoms with van der Waals surface area (Å²) in [6.07, 6.45) is 0.204. The van der Waals surface area contributed by atoms with Crippen LogP contribution in [0.2, 0.25) is 0 Å². The maximum atomic E-state index is 15.6. The molecule has 1 aromatic heterocycles. The number of hydrogen-bond donors (Lipinski definition) is 2. The number of carbonyl (C=O) groups excluding carboxylic acids is 1. The van der Waals surface area contributed by atoms with E-state index in [1.54, 1.807) is 27.7 Å². The molecule has 0 unspecified atom stereocenters. The van der Waals surface area contributed by atoms with Crippen LogP contribution in [0.25, 0.3) is 10.9 Å². The minimum absolute atomic E-state index is 0.0698. The van der Waals surface area contributed by atoms with Gasteiger partial charge in [0.15, 0.2) is 5.82 Å². The van der Waals surface area contributed by atoms with Gasteiger partial charge in [0.05, 0.1) is 23.5 Å². The maximum Gasteiger partial charge on any atom is 0.407 e. The summed E-state index contributed by atoms with van der Waals surface area (Å²) in [5.41, 5.74) is -3.29. The number of alkyl halides is 1. The lowest BCUT2D eigenvalue weighted by Gasteiger charge is -2.24. The van der Waals surface area contributed by atoms with E-state index >= 15 is 8.78 Å². The molecule has 0 saturated carbocycles. The van der Waals surface area contributed by atoms with Crippen LogP contribution in [0.4, 0.5) is 23.7 Å². The van der Waals surface area contributed by atoms with Gasteiger partial charge in [-0.25, -0.2) is 22.8 Å². The Bertz CT molecular complexity index is 1160. The van der Waals surface area contributed by atoms with Crippen LogP contribution in [0, 0.1) is 17.6 Å². The molecule has 1 fully saturated rings. The number of aromatic nitrogens is 1. The second kappa shape index (κ2) is 8.95. The summed E-state index contributed by atoms with van der Waals surface area (Å²) >= 11 is 0. The molecule has 2 heterocycles. The van der Waals surface area contributed by atoms with Crippen molar-refractivity contribution in [1.82, 2.24) is 9.88 Å². The summed E-state index contributed by atoms with van der Waals surface area (Å²) in [6, 6.07) is 0.313. The number of amides is 1. The number of nitrogens with one attached hydrogen (secondary N) is 1. The highest BCUT2D eigenvalue weighted by Crippen LogP contribution is 2.33. The average Bonchev–Trinajstić information content (AvgIpc) is 3.01. The SMILES string of the molecule is C[C@H]1CN(c2c(F)cc3c(=O)c(C(=O)O)cn(CCF)c3c2F)C[C@H]1NC(=O)OC(C)(C)C. The number of carbonyl (C=O) groups is 2. The largest absolute Gasteiger partial charge is 0.477 e. The molecule has 0 radical (unpaired) electrons. The first-order valence-electron chi connectivity index (χ1n) is 10.4. The molecule has 33 heavy (non-hydrogen) atoms. The molecule has 2 N–H and O–H groups in total. The first-order valence-corrected chi connectivity index (χ1v) is 10.4. The molecule has 11 heteroatoms. The maximum absolute atomic E-state index is 15.6. The first-order chi connectivity index (χ1) is 15.3. The molecule has 3 rings (SSSR count). The molecule has 0 spiro atoms. The zero-order valence-corrected chi connectivity index (χ0v) is 18.7. The van der Waals surface area contributed by atoms with Crippen molar-refractivity contribution >= 4 is 28.7 Å². The van der Waals surface area contributed by atoms with Crippen molar-refractivity contribution in [2.75, 3.05) is 24.7 Å². The Balaban J connectivity index is 2.03. The third-order valence-electron chi connectivity index (χ3n) is 5.42. The van der Waals surface area contributed by atoms with Crippen LogP contribution in [0.15, 0.2) is 17.1 Å². The molecule has 0 bridgehead atoms. The molecule has 2 atom stereocenters. The van der Waals surface area contributed by atoms with E-state index in [1.807, 2.05) is 0 Å². The zero-order chi connectivity index (χ0) is 24.7. The smallest absolute Gasteiger partial charge is 0.407 e. The summed E-state index contributed by atoms with van der Waals surface area (Å²) in [5, 5.41) is 11.5. The number of pyridine rings is 1. The van der Waals surface area contributed by atoms with E-state index in [9.17, 15) is 23.9 Å². The lowest BCUT2D eigenvalue weighted by molar-refractivity contribution is 0.0499. The predicted molar refractivity (Wildman–Crippen MR) is 116 cm³/mol. The van der Waals surface area contributed by atoms with Crippen LogP contribution < -0.4 is 15.6 Å². The van der Waals surface area contributed by atoms with Gasteiger partial charge in [0, 0.05) is 19.3 Å². The molecular weight excluding hydrogens is 443 g/mol. The Hall–Kier alpha value is -3.24. The minimum atomic E-state index is -1.58. The van der Waals surface area contributed by atoms with Crippen LogP contribution in [0.5, 0.6) is 0 Å². The van der Waals surface area contributed by atoms with Gasteiger partial charge in [-0.15, -0.1) is 0 Å². The van der Waals surface area contributed by atoms with Gasteiger partial charge in [-0.1, -0.05) is 6.92 Å². The highest BCUT2D eigenvalue weighted by Gasteiger charge is 2.35. The van der Waals surface area contributed by atoms with Gasteiger partial charge in [-0.2, -0.15) is 0 Å². The van der Waals surface area contributed by atoms with E-state index in [1.165, 1.54) is 4.90 Å². The summed E-state index contributed by atoms with van der Waals surface area (Å²) < 4.78 is 49.9. The van der Waals surface area contributed by atoms with E-state index in [2.05, 4.69) is 5.32 Å². The Morgan fingerprint density at radius 1 is 1.27 bits per heavy atom. The fourth-order valence-electron chi connectivity index (χ4n) is 3.98. The van der Waals surface area contributed by atoms with E-state index in [4.69, 9.17) is 4.74 Å². The molecule has 2 aromatic rings. The van der Waals surface area contributed by atoms with Crippen LogP contribution in [-0.2, 0) is 11.3 Å². The molecule has 1 saturated heterocycles. The van der Waals surface area contributed by atoms with Gasteiger partial charge in [-0.05, 0) is 32.8 Å². The number of carboxylic acids is 1. The Morgan fingerprint density at radius 3 is 2.52 bits per heavy atom.